The van der Waals surface area contributed by atoms with Crippen molar-refractivity contribution in [2.75, 3.05) is 37.4 Å². The molecule has 22 heavy (non-hydrogen) atoms. The highest BCUT2D eigenvalue weighted by Crippen LogP contribution is 2.15. The van der Waals surface area contributed by atoms with E-state index < -0.39 is 6.10 Å². The van der Waals surface area contributed by atoms with E-state index >= 15 is 0 Å². The van der Waals surface area contributed by atoms with Crippen LogP contribution in [0.15, 0.2) is 18.3 Å². The van der Waals surface area contributed by atoms with Gasteiger partial charge in [0.15, 0.2) is 0 Å². The van der Waals surface area contributed by atoms with E-state index in [9.17, 15) is 14.7 Å². The van der Waals surface area contributed by atoms with Gasteiger partial charge in [-0.1, -0.05) is 0 Å². The van der Waals surface area contributed by atoms with E-state index in [0.717, 1.165) is 18.7 Å². The third-order valence-electron chi connectivity index (χ3n) is 3.57. The molecule has 1 saturated heterocycles. The van der Waals surface area contributed by atoms with Gasteiger partial charge in [-0.05, 0) is 25.3 Å². The van der Waals surface area contributed by atoms with Crippen molar-refractivity contribution in [3.63, 3.8) is 0 Å². The van der Waals surface area contributed by atoms with Crippen LogP contribution in [0.1, 0.15) is 19.3 Å². The first-order chi connectivity index (χ1) is 10.5. The van der Waals surface area contributed by atoms with Crippen LogP contribution in [0.4, 0.5) is 11.5 Å². The molecule has 0 aromatic carbocycles. The Balaban J connectivity index is 1.97. The van der Waals surface area contributed by atoms with Crippen molar-refractivity contribution in [1.29, 1.82) is 0 Å². The van der Waals surface area contributed by atoms with Crippen LogP contribution in [-0.2, 0) is 9.59 Å². The molecule has 0 aliphatic carbocycles. The van der Waals surface area contributed by atoms with Crippen LogP contribution < -0.4 is 10.2 Å². The second-order valence-electron chi connectivity index (χ2n) is 5.62. The Morgan fingerprint density at radius 3 is 3.00 bits per heavy atom. The monoisotopic (exact) mass is 306 g/mol. The molecular weight excluding hydrogens is 284 g/mol. The van der Waals surface area contributed by atoms with E-state index in [-0.39, 0.29) is 18.4 Å². The first kappa shape index (κ1) is 16.2. The van der Waals surface area contributed by atoms with Gasteiger partial charge in [-0.3, -0.25) is 9.59 Å². The summed E-state index contributed by atoms with van der Waals surface area (Å²) in [6.07, 6.45) is 2.69. The van der Waals surface area contributed by atoms with Gasteiger partial charge in [0.2, 0.25) is 5.91 Å². The van der Waals surface area contributed by atoms with Crippen LogP contribution in [0, 0.1) is 0 Å². The summed E-state index contributed by atoms with van der Waals surface area (Å²) in [5.41, 5.74) is 0.631. The lowest BCUT2D eigenvalue weighted by Crippen LogP contribution is -2.42. The average molecular weight is 306 g/mol. The Morgan fingerprint density at radius 2 is 2.27 bits per heavy atom. The van der Waals surface area contributed by atoms with Gasteiger partial charge in [0.05, 0.1) is 6.54 Å². The van der Waals surface area contributed by atoms with Crippen molar-refractivity contribution in [3.8, 4) is 0 Å². The highest BCUT2D eigenvalue weighted by molar-refractivity contribution is 5.95. The lowest BCUT2D eigenvalue weighted by molar-refractivity contribution is -0.141. The van der Waals surface area contributed by atoms with E-state index in [1.54, 1.807) is 18.3 Å². The molecule has 7 nitrogen and oxygen atoms in total. The molecule has 2 rings (SSSR count). The van der Waals surface area contributed by atoms with Gasteiger partial charge in [-0.2, -0.15) is 0 Å². The van der Waals surface area contributed by atoms with Gasteiger partial charge < -0.3 is 20.2 Å². The summed E-state index contributed by atoms with van der Waals surface area (Å²) in [7, 11) is 3.73. The predicted octanol–water partition coefficient (Wildman–Crippen LogP) is 0.459. The molecule has 1 fully saturated rings. The van der Waals surface area contributed by atoms with Gasteiger partial charge in [0.1, 0.15) is 11.9 Å². The summed E-state index contributed by atoms with van der Waals surface area (Å²) in [6.45, 7) is 0.456. The summed E-state index contributed by atoms with van der Waals surface area (Å²) in [5, 5.41) is 12.5. The third-order valence-corrected chi connectivity index (χ3v) is 3.57. The minimum absolute atomic E-state index is 0.0461. The zero-order valence-corrected chi connectivity index (χ0v) is 13.0. The lowest BCUT2D eigenvalue weighted by Gasteiger charge is -2.21. The van der Waals surface area contributed by atoms with Crippen LogP contribution in [0.2, 0.25) is 0 Å². The van der Waals surface area contributed by atoms with Crippen LogP contribution in [0.25, 0.3) is 0 Å². The molecule has 2 heterocycles. The molecule has 2 amide bonds. The van der Waals surface area contributed by atoms with E-state index in [1.807, 2.05) is 19.0 Å². The number of carbonyl (C=O) groups is 2. The Hall–Kier alpha value is -2.15. The molecule has 0 saturated carbocycles. The number of anilines is 2. The Kier molecular flexibility index (Phi) is 5.32. The SMILES string of the molecule is CN(C)c1cc(NC(=O)CN2CCCCC(O)C2=O)ccn1. The van der Waals surface area contributed by atoms with Crippen LogP contribution in [0.5, 0.6) is 0 Å². The first-order valence-electron chi connectivity index (χ1n) is 7.37. The molecule has 0 spiro atoms. The molecule has 1 atom stereocenters. The number of hydrogen-bond acceptors (Lipinski definition) is 5. The van der Waals surface area contributed by atoms with Crippen LogP contribution in [0.3, 0.4) is 0 Å². The molecule has 0 radical (unpaired) electrons. The molecule has 2 N–H and O–H groups in total. The summed E-state index contributed by atoms with van der Waals surface area (Å²) < 4.78 is 0. The Labute approximate surface area is 129 Å². The zero-order valence-electron chi connectivity index (χ0n) is 13.0. The highest BCUT2D eigenvalue weighted by atomic mass is 16.3. The smallest absolute Gasteiger partial charge is 0.251 e. The summed E-state index contributed by atoms with van der Waals surface area (Å²) >= 11 is 0. The molecule has 1 aliphatic heterocycles. The summed E-state index contributed by atoms with van der Waals surface area (Å²) in [5.74, 6) is 0.0915. The fraction of sp³-hybridized carbons (Fsp3) is 0.533. The van der Waals surface area contributed by atoms with E-state index in [0.29, 0.717) is 18.7 Å². The number of aliphatic hydroxyl groups is 1. The van der Waals surface area contributed by atoms with Gasteiger partial charge in [0.25, 0.3) is 5.91 Å². The van der Waals surface area contributed by atoms with Gasteiger partial charge in [-0.25, -0.2) is 4.98 Å². The fourth-order valence-electron chi connectivity index (χ4n) is 2.36. The Bertz CT molecular complexity index is 547. The van der Waals surface area contributed by atoms with Crippen LogP contribution in [-0.4, -0.2) is 60.1 Å². The molecule has 120 valence electrons. The number of amides is 2. The quantitative estimate of drug-likeness (QED) is 0.844. The minimum atomic E-state index is -0.989. The van der Waals surface area contributed by atoms with E-state index in [4.69, 9.17) is 0 Å². The lowest BCUT2D eigenvalue weighted by atomic mass is 10.2. The molecule has 7 heteroatoms. The highest BCUT2D eigenvalue weighted by Gasteiger charge is 2.26. The second-order valence-corrected chi connectivity index (χ2v) is 5.62. The molecule has 1 unspecified atom stereocenters. The maximum absolute atomic E-state index is 12.1. The van der Waals surface area contributed by atoms with E-state index in [2.05, 4.69) is 10.3 Å². The number of nitrogens with zero attached hydrogens (tertiary/aromatic N) is 3. The van der Waals surface area contributed by atoms with Crippen molar-refractivity contribution >= 4 is 23.3 Å². The molecular formula is C15H22N4O3. The van der Waals surface area contributed by atoms with Crippen molar-refractivity contribution in [3.05, 3.63) is 18.3 Å². The summed E-state index contributed by atoms with van der Waals surface area (Å²) in [6, 6.07) is 3.46. The van der Waals surface area contributed by atoms with Gasteiger partial charge in [-0.15, -0.1) is 0 Å². The third kappa shape index (κ3) is 4.17. The van der Waals surface area contributed by atoms with Crippen molar-refractivity contribution < 1.29 is 14.7 Å². The zero-order chi connectivity index (χ0) is 16.1. The average Bonchev–Trinajstić information content (AvgIpc) is 2.63. The number of carbonyl (C=O) groups excluding carboxylic acids is 2. The minimum Gasteiger partial charge on any atom is -0.383 e. The number of likely N-dealkylation sites (tertiary alicyclic amines) is 1. The number of aromatic nitrogens is 1. The second kappa shape index (κ2) is 7.22. The largest absolute Gasteiger partial charge is 0.383 e. The van der Waals surface area contributed by atoms with Gasteiger partial charge in [0, 0.05) is 38.6 Å². The maximum atomic E-state index is 12.1. The van der Waals surface area contributed by atoms with Crippen LogP contribution >= 0.6 is 0 Å². The maximum Gasteiger partial charge on any atom is 0.251 e. The number of nitrogens with one attached hydrogen (secondary N) is 1. The molecule has 0 bridgehead atoms. The van der Waals surface area contributed by atoms with Crippen molar-refractivity contribution in [2.45, 2.75) is 25.4 Å². The number of pyridine rings is 1. The number of hydrogen-bond donors (Lipinski definition) is 2. The Morgan fingerprint density at radius 1 is 1.50 bits per heavy atom. The molecule has 1 aliphatic rings. The first-order valence-corrected chi connectivity index (χ1v) is 7.37. The van der Waals surface area contributed by atoms with Gasteiger partial charge >= 0.3 is 0 Å². The fourth-order valence-corrected chi connectivity index (χ4v) is 2.36. The molecule has 1 aromatic rings. The summed E-state index contributed by atoms with van der Waals surface area (Å²) in [4.78, 5) is 31.5. The standard InChI is InChI=1S/C15H22N4O3/c1-18(2)13-9-11(6-7-16-13)17-14(21)10-19-8-4-3-5-12(20)15(19)22/h6-7,9,12,20H,3-5,8,10H2,1-2H3,(H,16,17,21). The normalized spacial score (nSPS) is 18.8. The number of rotatable bonds is 4. The predicted molar refractivity (Wildman–Crippen MR) is 83.6 cm³/mol. The van der Waals surface area contributed by atoms with Crippen molar-refractivity contribution in [2.24, 2.45) is 0 Å². The van der Waals surface area contributed by atoms with Crippen molar-refractivity contribution in [1.82, 2.24) is 9.88 Å². The topological polar surface area (TPSA) is 85.8 Å². The van der Waals surface area contributed by atoms with E-state index in [1.165, 1.54) is 4.90 Å². The number of aliphatic hydroxyl groups excluding tert-OH is 1. The molecule has 1 aromatic heterocycles.